The van der Waals surface area contributed by atoms with Crippen LogP contribution >= 0.6 is 0 Å². The summed E-state index contributed by atoms with van der Waals surface area (Å²) < 4.78 is 0. The smallest absolute Gasteiger partial charge is 0.127 e. The molecular weight excluding hydrogens is 276 g/mol. The quantitative estimate of drug-likeness (QED) is 0.720. The van der Waals surface area contributed by atoms with Crippen LogP contribution in [0.25, 0.3) is 18.2 Å². The standard InChI is InChI=1S/C19H20O3/c1-13(2)3-10-18-15(11-17(21)12-19(18)22)7-4-14-5-8-16(20)9-6-14/h3-13,20-22H,1-2H3. The Balaban J connectivity index is 2.38. The molecule has 0 fully saturated rings. The first-order chi connectivity index (χ1) is 10.5. The normalized spacial score (nSPS) is 11.8. The van der Waals surface area contributed by atoms with Gasteiger partial charge in [0.1, 0.15) is 17.2 Å². The van der Waals surface area contributed by atoms with Crippen LogP contribution in [-0.2, 0) is 0 Å². The van der Waals surface area contributed by atoms with Crippen LogP contribution in [0.3, 0.4) is 0 Å². The van der Waals surface area contributed by atoms with E-state index in [1.165, 1.54) is 6.07 Å². The van der Waals surface area contributed by atoms with Crippen LogP contribution in [0.5, 0.6) is 17.2 Å². The summed E-state index contributed by atoms with van der Waals surface area (Å²) in [4.78, 5) is 0. The van der Waals surface area contributed by atoms with Crippen molar-refractivity contribution in [1.82, 2.24) is 0 Å². The van der Waals surface area contributed by atoms with Gasteiger partial charge in [0, 0.05) is 11.6 Å². The highest BCUT2D eigenvalue weighted by Gasteiger charge is 2.06. The first-order valence-electron chi connectivity index (χ1n) is 7.17. The van der Waals surface area contributed by atoms with Crippen LogP contribution in [0.15, 0.2) is 42.5 Å². The fourth-order valence-electron chi connectivity index (χ4n) is 2.02. The van der Waals surface area contributed by atoms with E-state index < -0.39 is 0 Å². The molecule has 2 aromatic carbocycles. The van der Waals surface area contributed by atoms with Gasteiger partial charge in [0.15, 0.2) is 0 Å². The molecule has 3 N–H and O–H groups in total. The second-order valence-corrected chi connectivity index (χ2v) is 5.50. The maximum Gasteiger partial charge on any atom is 0.127 e. The van der Waals surface area contributed by atoms with Crippen molar-refractivity contribution in [1.29, 1.82) is 0 Å². The molecule has 0 unspecified atom stereocenters. The molecule has 0 saturated heterocycles. The van der Waals surface area contributed by atoms with Crippen molar-refractivity contribution < 1.29 is 15.3 Å². The third kappa shape index (κ3) is 4.16. The van der Waals surface area contributed by atoms with Crippen LogP contribution < -0.4 is 0 Å². The average Bonchev–Trinajstić information content (AvgIpc) is 2.45. The van der Waals surface area contributed by atoms with Gasteiger partial charge in [0.25, 0.3) is 0 Å². The summed E-state index contributed by atoms with van der Waals surface area (Å²) in [6, 6.07) is 9.74. The minimum absolute atomic E-state index is 0.0181. The third-order valence-corrected chi connectivity index (χ3v) is 3.17. The summed E-state index contributed by atoms with van der Waals surface area (Å²) in [5.41, 5.74) is 2.31. The van der Waals surface area contributed by atoms with E-state index >= 15 is 0 Å². The molecule has 114 valence electrons. The lowest BCUT2D eigenvalue weighted by Gasteiger charge is -2.07. The minimum Gasteiger partial charge on any atom is -0.508 e. The predicted octanol–water partition coefficient (Wildman–Crippen LogP) is 4.64. The zero-order valence-corrected chi connectivity index (χ0v) is 12.7. The molecule has 3 nitrogen and oxygen atoms in total. The van der Waals surface area contributed by atoms with Gasteiger partial charge in [0.2, 0.25) is 0 Å². The minimum atomic E-state index is 0.0181. The zero-order valence-electron chi connectivity index (χ0n) is 12.7. The molecule has 2 rings (SSSR count). The van der Waals surface area contributed by atoms with E-state index in [2.05, 4.69) is 13.8 Å². The molecule has 0 atom stereocenters. The number of hydrogen-bond acceptors (Lipinski definition) is 3. The number of benzene rings is 2. The van der Waals surface area contributed by atoms with Crippen molar-refractivity contribution in [3.8, 4) is 17.2 Å². The summed E-state index contributed by atoms with van der Waals surface area (Å²) >= 11 is 0. The fraction of sp³-hybridized carbons (Fsp3) is 0.158. The molecule has 2 aromatic rings. The third-order valence-electron chi connectivity index (χ3n) is 3.17. The van der Waals surface area contributed by atoms with Crippen molar-refractivity contribution in [3.63, 3.8) is 0 Å². The van der Waals surface area contributed by atoms with Crippen LogP contribution in [-0.4, -0.2) is 15.3 Å². The Bertz CT molecular complexity index is 695. The molecule has 22 heavy (non-hydrogen) atoms. The molecule has 0 aromatic heterocycles. The Kier molecular flexibility index (Phi) is 4.89. The highest BCUT2D eigenvalue weighted by molar-refractivity contribution is 5.78. The molecule has 0 bridgehead atoms. The Morgan fingerprint density at radius 1 is 0.818 bits per heavy atom. The number of phenols is 3. The topological polar surface area (TPSA) is 60.7 Å². The highest BCUT2D eigenvalue weighted by Crippen LogP contribution is 2.30. The molecule has 0 aliphatic carbocycles. The van der Waals surface area contributed by atoms with Crippen LogP contribution in [0.4, 0.5) is 0 Å². The highest BCUT2D eigenvalue weighted by atomic mass is 16.3. The number of allylic oxidation sites excluding steroid dienone is 1. The molecule has 0 heterocycles. The summed E-state index contributed by atoms with van der Waals surface area (Å²) in [6.45, 7) is 4.11. The van der Waals surface area contributed by atoms with E-state index in [4.69, 9.17) is 0 Å². The monoisotopic (exact) mass is 296 g/mol. The maximum atomic E-state index is 10.0. The van der Waals surface area contributed by atoms with Crippen molar-refractivity contribution in [2.45, 2.75) is 13.8 Å². The Hall–Kier alpha value is -2.68. The summed E-state index contributed by atoms with van der Waals surface area (Å²) in [5, 5.41) is 29.0. The second-order valence-electron chi connectivity index (χ2n) is 5.50. The van der Waals surface area contributed by atoms with Gasteiger partial charge in [-0.2, -0.15) is 0 Å². The molecule has 0 amide bonds. The lowest BCUT2D eigenvalue weighted by molar-refractivity contribution is 0.449. The Labute approximate surface area is 130 Å². The molecule has 0 aliphatic heterocycles. The van der Waals surface area contributed by atoms with Crippen LogP contribution in [0.1, 0.15) is 30.5 Å². The lowest BCUT2D eigenvalue weighted by atomic mass is 10.0. The Morgan fingerprint density at radius 2 is 1.50 bits per heavy atom. The number of phenolic OH excluding ortho intramolecular Hbond substituents is 3. The largest absolute Gasteiger partial charge is 0.508 e. The summed E-state index contributed by atoms with van der Waals surface area (Å²) in [6.07, 6.45) is 7.53. The van der Waals surface area contributed by atoms with Gasteiger partial charge < -0.3 is 15.3 Å². The zero-order chi connectivity index (χ0) is 16.1. The fourth-order valence-corrected chi connectivity index (χ4v) is 2.02. The molecule has 0 spiro atoms. The van der Waals surface area contributed by atoms with Gasteiger partial charge in [0.05, 0.1) is 0 Å². The molecule has 0 aliphatic rings. The predicted molar refractivity (Wildman–Crippen MR) is 90.7 cm³/mol. The SMILES string of the molecule is CC(C)C=Cc1c(O)cc(O)cc1C=Cc1ccc(O)cc1. The van der Waals surface area contributed by atoms with Crippen LogP contribution in [0, 0.1) is 5.92 Å². The molecule has 0 radical (unpaired) electrons. The maximum absolute atomic E-state index is 10.0. The first kappa shape index (κ1) is 15.7. The average molecular weight is 296 g/mol. The van der Waals surface area contributed by atoms with Crippen LogP contribution in [0.2, 0.25) is 0 Å². The van der Waals surface area contributed by atoms with E-state index in [-0.39, 0.29) is 17.2 Å². The van der Waals surface area contributed by atoms with Gasteiger partial charge in [-0.15, -0.1) is 0 Å². The van der Waals surface area contributed by atoms with Gasteiger partial charge in [-0.1, -0.05) is 50.3 Å². The van der Waals surface area contributed by atoms with Crippen molar-refractivity contribution in [2.75, 3.05) is 0 Å². The number of hydrogen-bond donors (Lipinski definition) is 3. The van der Waals surface area contributed by atoms with E-state index in [1.807, 2.05) is 24.3 Å². The molecule has 0 saturated carbocycles. The number of aromatic hydroxyl groups is 3. The molecule has 3 heteroatoms. The van der Waals surface area contributed by atoms with Crippen molar-refractivity contribution in [3.05, 3.63) is 59.2 Å². The van der Waals surface area contributed by atoms with Crippen molar-refractivity contribution in [2.24, 2.45) is 5.92 Å². The summed E-state index contributed by atoms with van der Waals surface area (Å²) in [7, 11) is 0. The first-order valence-corrected chi connectivity index (χ1v) is 7.17. The second kappa shape index (κ2) is 6.85. The summed E-state index contributed by atoms with van der Waals surface area (Å²) in [5.74, 6) is 0.640. The van der Waals surface area contributed by atoms with E-state index in [9.17, 15) is 15.3 Å². The van der Waals surface area contributed by atoms with E-state index in [0.717, 1.165) is 11.1 Å². The molecular formula is C19H20O3. The van der Waals surface area contributed by atoms with Gasteiger partial charge in [-0.05, 0) is 35.2 Å². The van der Waals surface area contributed by atoms with Gasteiger partial charge in [-0.25, -0.2) is 0 Å². The number of rotatable bonds is 4. The van der Waals surface area contributed by atoms with E-state index in [1.54, 1.807) is 30.3 Å². The Morgan fingerprint density at radius 3 is 2.14 bits per heavy atom. The van der Waals surface area contributed by atoms with Gasteiger partial charge in [-0.3, -0.25) is 0 Å². The van der Waals surface area contributed by atoms with E-state index in [0.29, 0.717) is 11.5 Å². The lowest BCUT2D eigenvalue weighted by Crippen LogP contribution is -1.85. The van der Waals surface area contributed by atoms with Gasteiger partial charge >= 0.3 is 0 Å². The van der Waals surface area contributed by atoms with Crippen molar-refractivity contribution >= 4 is 18.2 Å².